The van der Waals surface area contributed by atoms with Crippen LogP contribution in [0.15, 0.2) is 42.5 Å². The van der Waals surface area contributed by atoms with Crippen molar-refractivity contribution in [2.45, 2.75) is 52.4 Å². The lowest BCUT2D eigenvalue weighted by Crippen LogP contribution is -2.22. The lowest BCUT2D eigenvalue weighted by atomic mass is 9.91. The van der Waals surface area contributed by atoms with Crippen LogP contribution in [0.1, 0.15) is 57.9 Å². The SMILES string of the molecule is CCC(=O)C(CC/C=C/CC/C=C/c1ccc(OC)cc1)C(=O)CC. The van der Waals surface area contributed by atoms with Gasteiger partial charge in [0, 0.05) is 12.8 Å². The van der Waals surface area contributed by atoms with E-state index in [0.29, 0.717) is 19.3 Å². The highest BCUT2D eigenvalue weighted by Gasteiger charge is 2.22. The van der Waals surface area contributed by atoms with E-state index in [4.69, 9.17) is 4.74 Å². The zero-order valence-electron chi connectivity index (χ0n) is 15.7. The minimum absolute atomic E-state index is 0.0719. The molecular weight excluding hydrogens is 312 g/mol. The smallest absolute Gasteiger partial charge is 0.143 e. The number of ketones is 2. The van der Waals surface area contributed by atoms with Gasteiger partial charge in [-0.1, -0.05) is 50.3 Å². The molecule has 0 aliphatic rings. The van der Waals surface area contributed by atoms with Crippen LogP contribution in [0.3, 0.4) is 0 Å². The highest BCUT2D eigenvalue weighted by atomic mass is 16.5. The van der Waals surface area contributed by atoms with Gasteiger partial charge in [0.15, 0.2) is 0 Å². The first kappa shape index (κ1) is 20.9. The van der Waals surface area contributed by atoms with Crippen LogP contribution in [0, 0.1) is 5.92 Å². The molecule has 0 bridgehead atoms. The molecule has 0 saturated carbocycles. The molecule has 0 fully saturated rings. The molecule has 1 aromatic carbocycles. The van der Waals surface area contributed by atoms with Gasteiger partial charge in [0.1, 0.15) is 17.3 Å². The van der Waals surface area contributed by atoms with E-state index in [1.807, 2.05) is 38.1 Å². The summed E-state index contributed by atoms with van der Waals surface area (Å²) in [6, 6.07) is 7.96. The molecule has 136 valence electrons. The standard InChI is InChI=1S/C22H30O3/c1-4-21(23)20(22(24)5-2)13-11-9-7-6-8-10-12-18-14-16-19(25-3)17-15-18/h7,9-10,12,14-17,20H,4-6,8,11,13H2,1-3H3/b9-7+,12-10+. The molecule has 1 rings (SSSR count). The number of benzene rings is 1. The molecule has 0 amide bonds. The van der Waals surface area contributed by atoms with Crippen molar-refractivity contribution < 1.29 is 14.3 Å². The van der Waals surface area contributed by atoms with Crippen molar-refractivity contribution in [2.24, 2.45) is 5.92 Å². The van der Waals surface area contributed by atoms with E-state index in [9.17, 15) is 9.59 Å². The van der Waals surface area contributed by atoms with Crippen LogP contribution in [0.25, 0.3) is 6.08 Å². The van der Waals surface area contributed by atoms with E-state index in [2.05, 4.69) is 24.3 Å². The van der Waals surface area contributed by atoms with Gasteiger partial charge in [-0.25, -0.2) is 0 Å². The molecule has 0 N–H and O–H groups in total. The molecule has 0 aliphatic heterocycles. The molecule has 1 aromatic rings. The Hall–Kier alpha value is -2.16. The molecule has 0 spiro atoms. The van der Waals surface area contributed by atoms with Crippen molar-refractivity contribution in [3.63, 3.8) is 0 Å². The maximum Gasteiger partial charge on any atom is 0.143 e. The lowest BCUT2D eigenvalue weighted by molar-refractivity contribution is -0.132. The van der Waals surface area contributed by atoms with Gasteiger partial charge in [0.2, 0.25) is 0 Å². The van der Waals surface area contributed by atoms with Gasteiger partial charge in [0.05, 0.1) is 13.0 Å². The number of allylic oxidation sites excluding steroid dienone is 3. The first-order chi connectivity index (χ1) is 12.1. The van der Waals surface area contributed by atoms with Gasteiger partial charge in [-0.2, -0.15) is 0 Å². The molecule has 0 saturated heterocycles. The minimum atomic E-state index is -0.408. The summed E-state index contributed by atoms with van der Waals surface area (Å²) in [4.78, 5) is 23.7. The first-order valence-electron chi connectivity index (χ1n) is 9.13. The lowest BCUT2D eigenvalue weighted by Gasteiger charge is -2.11. The monoisotopic (exact) mass is 342 g/mol. The van der Waals surface area contributed by atoms with Crippen molar-refractivity contribution >= 4 is 17.6 Å². The van der Waals surface area contributed by atoms with Crippen LogP contribution in [-0.2, 0) is 9.59 Å². The Bertz CT molecular complexity index is 566. The molecule has 0 aromatic heterocycles. The largest absolute Gasteiger partial charge is 0.497 e. The fourth-order valence-electron chi connectivity index (χ4n) is 2.62. The summed E-state index contributed by atoms with van der Waals surface area (Å²) in [5.74, 6) is 0.599. The molecule has 0 unspecified atom stereocenters. The number of carbonyl (C=O) groups is 2. The topological polar surface area (TPSA) is 43.4 Å². The summed E-state index contributed by atoms with van der Waals surface area (Å²) in [5.41, 5.74) is 1.16. The molecule has 0 radical (unpaired) electrons. The number of methoxy groups -OCH3 is 1. The predicted octanol–water partition coefficient (Wildman–Crippen LogP) is 5.40. The van der Waals surface area contributed by atoms with Crippen molar-refractivity contribution in [3.8, 4) is 5.75 Å². The Labute approximate surface area is 151 Å². The third-order valence-electron chi connectivity index (χ3n) is 4.19. The third-order valence-corrected chi connectivity index (χ3v) is 4.19. The fraction of sp³-hybridized carbons (Fsp3) is 0.455. The number of unbranched alkanes of at least 4 members (excludes halogenated alkanes) is 1. The van der Waals surface area contributed by atoms with E-state index < -0.39 is 5.92 Å². The number of hydrogen-bond donors (Lipinski definition) is 0. The van der Waals surface area contributed by atoms with Crippen LogP contribution in [0.2, 0.25) is 0 Å². The van der Waals surface area contributed by atoms with Crippen LogP contribution < -0.4 is 4.74 Å². The van der Waals surface area contributed by atoms with Gasteiger partial charge in [-0.15, -0.1) is 0 Å². The van der Waals surface area contributed by atoms with E-state index >= 15 is 0 Å². The molecule has 3 nitrogen and oxygen atoms in total. The summed E-state index contributed by atoms with van der Waals surface area (Å²) in [6.45, 7) is 3.65. The molecule has 3 heteroatoms. The maximum atomic E-state index is 11.8. The van der Waals surface area contributed by atoms with E-state index in [1.54, 1.807) is 7.11 Å². The van der Waals surface area contributed by atoms with Gasteiger partial charge in [-0.05, 0) is 43.4 Å². The predicted molar refractivity (Wildman–Crippen MR) is 104 cm³/mol. The Morgan fingerprint density at radius 3 is 2.04 bits per heavy atom. The highest BCUT2D eigenvalue weighted by Crippen LogP contribution is 2.15. The second kappa shape index (κ2) is 12.2. The summed E-state index contributed by atoms with van der Waals surface area (Å²) >= 11 is 0. The van der Waals surface area contributed by atoms with E-state index in [1.165, 1.54) is 0 Å². The van der Waals surface area contributed by atoms with Crippen LogP contribution in [0.5, 0.6) is 5.75 Å². The van der Waals surface area contributed by atoms with Crippen molar-refractivity contribution in [1.82, 2.24) is 0 Å². The Balaban J connectivity index is 2.29. The summed E-state index contributed by atoms with van der Waals surface area (Å²) in [6.07, 6.45) is 12.7. The van der Waals surface area contributed by atoms with Crippen molar-refractivity contribution in [1.29, 1.82) is 0 Å². The average Bonchev–Trinajstić information content (AvgIpc) is 2.66. The van der Waals surface area contributed by atoms with Crippen LogP contribution in [-0.4, -0.2) is 18.7 Å². The Morgan fingerprint density at radius 1 is 0.920 bits per heavy atom. The normalized spacial score (nSPS) is 11.5. The van der Waals surface area contributed by atoms with Crippen LogP contribution in [0.4, 0.5) is 0 Å². The molecule has 25 heavy (non-hydrogen) atoms. The highest BCUT2D eigenvalue weighted by molar-refractivity contribution is 6.02. The third kappa shape index (κ3) is 7.97. The number of rotatable bonds is 12. The van der Waals surface area contributed by atoms with E-state index in [0.717, 1.165) is 30.6 Å². The summed E-state index contributed by atoms with van der Waals surface area (Å²) in [7, 11) is 1.66. The van der Waals surface area contributed by atoms with Crippen molar-refractivity contribution in [2.75, 3.05) is 7.11 Å². The van der Waals surface area contributed by atoms with Gasteiger partial charge in [-0.3, -0.25) is 9.59 Å². The molecule has 0 atom stereocenters. The summed E-state index contributed by atoms with van der Waals surface area (Å²) in [5, 5.41) is 0. The average molecular weight is 342 g/mol. The van der Waals surface area contributed by atoms with Crippen LogP contribution >= 0.6 is 0 Å². The first-order valence-corrected chi connectivity index (χ1v) is 9.13. The number of hydrogen-bond acceptors (Lipinski definition) is 3. The maximum absolute atomic E-state index is 11.8. The second-order valence-electron chi connectivity index (χ2n) is 5.99. The quantitative estimate of drug-likeness (QED) is 0.290. The van der Waals surface area contributed by atoms with Crippen molar-refractivity contribution in [3.05, 3.63) is 48.1 Å². The van der Waals surface area contributed by atoms with Gasteiger partial charge < -0.3 is 4.74 Å². The minimum Gasteiger partial charge on any atom is -0.497 e. The summed E-state index contributed by atoms with van der Waals surface area (Å²) < 4.78 is 5.13. The van der Waals surface area contributed by atoms with Gasteiger partial charge >= 0.3 is 0 Å². The number of ether oxygens (including phenoxy) is 1. The molecule has 0 aliphatic carbocycles. The zero-order valence-corrected chi connectivity index (χ0v) is 15.7. The molecule has 0 heterocycles. The number of Topliss-reactive ketones (excluding diaryl/α,β-unsaturated/α-hetero) is 2. The Morgan fingerprint density at radius 2 is 1.48 bits per heavy atom. The Kier molecular flexibility index (Phi) is 10.2. The van der Waals surface area contributed by atoms with Gasteiger partial charge in [0.25, 0.3) is 0 Å². The zero-order chi connectivity index (χ0) is 18.5. The second-order valence-corrected chi connectivity index (χ2v) is 5.99. The number of carbonyl (C=O) groups excluding carboxylic acids is 2. The fourth-order valence-corrected chi connectivity index (χ4v) is 2.62. The molecular formula is C22H30O3. The van der Waals surface area contributed by atoms with E-state index in [-0.39, 0.29) is 11.6 Å².